The van der Waals surface area contributed by atoms with Gasteiger partial charge in [-0.15, -0.1) is 0 Å². The molecule has 0 aromatic heterocycles. The molecular weight excluding hydrogens is 252 g/mol. The van der Waals surface area contributed by atoms with Gasteiger partial charge in [0.15, 0.2) is 0 Å². The molecule has 3 N–H and O–H groups in total. The zero-order chi connectivity index (χ0) is 14.3. The molecule has 1 aromatic rings. The van der Waals surface area contributed by atoms with Gasteiger partial charge in [-0.25, -0.2) is 9.59 Å². The van der Waals surface area contributed by atoms with Crippen molar-refractivity contribution in [1.29, 1.82) is 0 Å². The third kappa shape index (κ3) is 4.30. The van der Waals surface area contributed by atoms with Gasteiger partial charge in [0.1, 0.15) is 6.61 Å². The van der Waals surface area contributed by atoms with E-state index in [1.807, 2.05) is 0 Å². The van der Waals surface area contributed by atoms with Gasteiger partial charge in [-0.3, -0.25) is 4.79 Å². The number of esters is 1. The van der Waals surface area contributed by atoms with E-state index in [4.69, 9.17) is 5.11 Å². The van der Waals surface area contributed by atoms with Crippen LogP contribution in [0.3, 0.4) is 0 Å². The van der Waals surface area contributed by atoms with Gasteiger partial charge in [-0.1, -0.05) is 0 Å². The number of ether oxygens (including phenoxy) is 1. The summed E-state index contributed by atoms with van der Waals surface area (Å²) in [6.07, 6.45) is 0.0874. The maximum Gasteiger partial charge on any atom is 0.371 e. The lowest BCUT2D eigenvalue weighted by atomic mass is 10.1. The molecule has 0 fully saturated rings. The van der Waals surface area contributed by atoms with Gasteiger partial charge in [-0.05, 0) is 18.2 Å². The first-order valence-electron chi connectivity index (χ1n) is 5.49. The zero-order valence-corrected chi connectivity index (χ0v) is 10.3. The standard InChI is InChI=1S/C12H14N2O5/c1-13-9-3-2-8(12(17)18)6-10(9)14-4-5-19-11(16)7-15/h2-3,6-7,13-14H,4-5H2,1H3,(H,17,18). The molecule has 19 heavy (non-hydrogen) atoms. The topological polar surface area (TPSA) is 105 Å². The molecule has 1 aromatic carbocycles. The summed E-state index contributed by atoms with van der Waals surface area (Å²) in [5.41, 5.74) is 1.43. The Bertz CT molecular complexity index is 487. The van der Waals surface area contributed by atoms with E-state index in [-0.39, 0.29) is 25.0 Å². The van der Waals surface area contributed by atoms with Crippen LogP contribution >= 0.6 is 0 Å². The molecule has 102 valence electrons. The van der Waals surface area contributed by atoms with Gasteiger partial charge in [0, 0.05) is 13.6 Å². The molecule has 0 unspecified atom stereocenters. The first kappa shape index (κ1) is 14.5. The molecule has 0 radical (unpaired) electrons. The van der Waals surface area contributed by atoms with Crippen LogP contribution in [0.4, 0.5) is 11.4 Å². The van der Waals surface area contributed by atoms with Crippen molar-refractivity contribution in [2.24, 2.45) is 0 Å². The highest BCUT2D eigenvalue weighted by Crippen LogP contribution is 2.22. The largest absolute Gasteiger partial charge is 0.478 e. The average molecular weight is 266 g/mol. The fourth-order valence-electron chi connectivity index (χ4n) is 1.41. The second-order valence-corrected chi connectivity index (χ2v) is 3.53. The Morgan fingerprint density at radius 3 is 2.68 bits per heavy atom. The molecule has 0 amide bonds. The number of rotatable bonds is 7. The van der Waals surface area contributed by atoms with Crippen LogP contribution in [0.1, 0.15) is 10.4 Å². The third-order valence-electron chi connectivity index (χ3n) is 2.29. The van der Waals surface area contributed by atoms with Crippen LogP contribution in [0.25, 0.3) is 0 Å². The highest BCUT2D eigenvalue weighted by Gasteiger charge is 2.07. The summed E-state index contributed by atoms with van der Waals surface area (Å²) in [4.78, 5) is 31.5. The van der Waals surface area contributed by atoms with Crippen LogP contribution in [0.2, 0.25) is 0 Å². The van der Waals surface area contributed by atoms with E-state index in [1.54, 1.807) is 13.1 Å². The Morgan fingerprint density at radius 1 is 1.37 bits per heavy atom. The fraction of sp³-hybridized carbons (Fsp3) is 0.250. The van der Waals surface area contributed by atoms with Gasteiger partial charge >= 0.3 is 11.9 Å². The van der Waals surface area contributed by atoms with Crippen molar-refractivity contribution < 1.29 is 24.2 Å². The summed E-state index contributed by atoms with van der Waals surface area (Å²) in [6, 6.07) is 4.57. The molecule has 0 atom stereocenters. The SMILES string of the molecule is CNc1ccc(C(=O)O)cc1NCCOC(=O)C=O. The number of carbonyl (C=O) groups excluding carboxylic acids is 2. The maximum absolute atomic E-state index is 10.9. The smallest absolute Gasteiger partial charge is 0.371 e. The van der Waals surface area contributed by atoms with E-state index in [1.165, 1.54) is 12.1 Å². The predicted octanol–water partition coefficient (Wildman–Crippen LogP) is 0.580. The normalized spacial score (nSPS) is 9.53. The summed E-state index contributed by atoms with van der Waals surface area (Å²) < 4.78 is 4.56. The minimum absolute atomic E-state index is 0.0119. The molecule has 0 heterocycles. The first-order valence-corrected chi connectivity index (χ1v) is 5.49. The fourth-order valence-corrected chi connectivity index (χ4v) is 1.41. The molecule has 0 saturated heterocycles. The summed E-state index contributed by atoms with van der Waals surface area (Å²) in [6.45, 7) is 0.273. The summed E-state index contributed by atoms with van der Waals surface area (Å²) in [5.74, 6) is -1.96. The van der Waals surface area contributed by atoms with Gasteiger partial charge in [-0.2, -0.15) is 0 Å². The number of aldehydes is 1. The van der Waals surface area contributed by atoms with Gasteiger partial charge < -0.3 is 20.5 Å². The van der Waals surface area contributed by atoms with Crippen molar-refractivity contribution in [2.45, 2.75) is 0 Å². The Morgan fingerprint density at radius 2 is 2.11 bits per heavy atom. The lowest BCUT2D eigenvalue weighted by molar-refractivity contribution is -0.148. The lowest BCUT2D eigenvalue weighted by Gasteiger charge is -2.12. The number of hydrogen-bond donors (Lipinski definition) is 3. The average Bonchev–Trinajstić information content (AvgIpc) is 2.42. The first-order chi connectivity index (χ1) is 9.08. The second kappa shape index (κ2) is 7.00. The van der Waals surface area contributed by atoms with Crippen LogP contribution in [-0.2, 0) is 14.3 Å². The zero-order valence-electron chi connectivity index (χ0n) is 10.3. The number of carboxylic acids is 1. The van der Waals surface area contributed by atoms with Crippen LogP contribution in [0, 0.1) is 0 Å². The predicted molar refractivity (Wildman–Crippen MR) is 68.5 cm³/mol. The number of benzene rings is 1. The van der Waals surface area contributed by atoms with Crippen molar-refractivity contribution in [3.05, 3.63) is 23.8 Å². The Labute approximate surface area is 109 Å². The summed E-state index contributed by atoms with van der Waals surface area (Å²) in [5, 5.41) is 14.7. The van der Waals surface area contributed by atoms with Crippen molar-refractivity contribution >= 4 is 29.6 Å². The Hall–Kier alpha value is -2.57. The van der Waals surface area contributed by atoms with Crippen LogP contribution in [0.15, 0.2) is 18.2 Å². The number of carboxylic acid groups (broad SMARTS) is 1. The summed E-state index contributed by atoms with van der Waals surface area (Å²) >= 11 is 0. The number of nitrogens with one attached hydrogen (secondary N) is 2. The number of anilines is 2. The molecule has 0 spiro atoms. The van der Waals surface area contributed by atoms with Gasteiger partial charge in [0.2, 0.25) is 6.29 Å². The van der Waals surface area contributed by atoms with Crippen LogP contribution in [0.5, 0.6) is 0 Å². The number of aromatic carboxylic acids is 1. The minimum atomic E-state index is -1.03. The minimum Gasteiger partial charge on any atom is -0.478 e. The summed E-state index contributed by atoms with van der Waals surface area (Å²) in [7, 11) is 1.70. The quantitative estimate of drug-likeness (QED) is 0.287. The van der Waals surface area contributed by atoms with E-state index in [0.29, 0.717) is 11.4 Å². The third-order valence-corrected chi connectivity index (χ3v) is 2.29. The van der Waals surface area contributed by atoms with E-state index in [2.05, 4.69) is 15.4 Å². The molecule has 0 aliphatic heterocycles. The maximum atomic E-state index is 10.9. The molecule has 0 bridgehead atoms. The molecule has 1 rings (SSSR count). The molecule has 7 nitrogen and oxygen atoms in total. The Kier molecular flexibility index (Phi) is 5.34. The Balaban J connectivity index is 2.65. The van der Waals surface area contributed by atoms with Gasteiger partial charge in [0.25, 0.3) is 0 Å². The number of hydrogen-bond acceptors (Lipinski definition) is 6. The molecular formula is C12H14N2O5. The van der Waals surface area contributed by atoms with E-state index >= 15 is 0 Å². The van der Waals surface area contributed by atoms with Crippen molar-refractivity contribution in [2.75, 3.05) is 30.8 Å². The van der Waals surface area contributed by atoms with E-state index in [0.717, 1.165) is 0 Å². The highest BCUT2D eigenvalue weighted by molar-refractivity contribution is 6.20. The van der Waals surface area contributed by atoms with E-state index < -0.39 is 11.9 Å². The van der Waals surface area contributed by atoms with E-state index in [9.17, 15) is 14.4 Å². The molecule has 0 aliphatic carbocycles. The van der Waals surface area contributed by atoms with Crippen LogP contribution in [-0.4, -0.2) is 43.5 Å². The van der Waals surface area contributed by atoms with Gasteiger partial charge in [0.05, 0.1) is 16.9 Å². The van der Waals surface area contributed by atoms with Crippen molar-refractivity contribution in [1.82, 2.24) is 0 Å². The highest BCUT2D eigenvalue weighted by atomic mass is 16.5. The van der Waals surface area contributed by atoms with Crippen LogP contribution < -0.4 is 10.6 Å². The van der Waals surface area contributed by atoms with Crippen molar-refractivity contribution in [3.8, 4) is 0 Å². The monoisotopic (exact) mass is 266 g/mol. The lowest BCUT2D eigenvalue weighted by Crippen LogP contribution is -2.15. The number of carbonyl (C=O) groups is 3. The second-order valence-electron chi connectivity index (χ2n) is 3.53. The molecule has 0 saturated carbocycles. The molecule has 0 aliphatic rings. The molecule has 7 heteroatoms. The van der Waals surface area contributed by atoms with Crippen molar-refractivity contribution in [3.63, 3.8) is 0 Å².